The molecule has 1 saturated heterocycles. The van der Waals surface area contributed by atoms with Crippen LogP contribution in [0.1, 0.15) is 17.8 Å². The van der Waals surface area contributed by atoms with Crippen LogP contribution in [-0.4, -0.2) is 52.9 Å². The largest absolute Gasteiger partial charge is 0.497 e. The number of aromatic nitrogens is 2. The molecule has 27 heavy (non-hydrogen) atoms. The first-order valence-electron chi connectivity index (χ1n) is 8.66. The van der Waals surface area contributed by atoms with Crippen LogP contribution in [0, 0.1) is 5.82 Å². The summed E-state index contributed by atoms with van der Waals surface area (Å²) in [6.07, 6.45) is 3.26. The van der Waals surface area contributed by atoms with Gasteiger partial charge in [0.25, 0.3) is 0 Å². The Morgan fingerprint density at radius 3 is 3.04 bits per heavy atom. The van der Waals surface area contributed by atoms with Gasteiger partial charge in [-0.2, -0.15) is 0 Å². The standard InChI is InChI=1S/C18H22FN5O3/c1-27-13-3-2-12(14(19)8-13)11-24-7-6-22-18(26)15(24)9-17(25)23-10-16-20-4-5-21-16/h2-5,8,15H,6-7,9-11H2,1H3,(H,20,21)(H,22,26)(H,23,25)/t15-/m0/s1. The van der Waals surface area contributed by atoms with E-state index in [1.807, 2.05) is 4.90 Å². The number of halogens is 1. The van der Waals surface area contributed by atoms with E-state index in [0.717, 1.165) is 0 Å². The van der Waals surface area contributed by atoms with Gasteiger partial charge in [0, 0.05) is 43.7 Å². The van der Waals surface area contributed by atoms with Crippen LogP contribution in [-0.2, 0) is 22.7 Å². The van der Waals surface area contributed by atoms with E-state index in [9.17, 15) is 14.0 Å². The molecule has 9 heteroatoms. The fraction of sp³-hybridized carbons (Fsp3) is 0.389. The van der Waals surface area contributed by atoms with E-state index < -0.39 is 11.9 Å². The summed E-state index contributed by atoms with van der Waals surface area (Å²) in [6, 6.07) is 3.96. The lowest BCUT2D eigenvalue weighted by Gasteiger charge is -2.34. The number of hydrogen-bond acceptors (Lipinski definition) is 5. The Hall–Kier alpha value is -2.94. The first kappa shape index (κ1) is 18.8. The number of H-pyrrole nitrogens is 1. The molecule has 8 nitrogen and oxygen atoms in total. The summed E-state index contributed by atoms with van der Waals surface area (Å²) in [6.45, 7) is 1.49. The van der Waals surface area contributed by atoms with Gasteiger partial charge < -0.3 is 20.4 Å². The van der Waals surface area contributed by atoms with Crippen molar-refractivity contribution in [3.8, 4) is 5.75 Å². The molecule has 3 rings (SSSR count). The molecular weight excluding hydrogens is 353 g/mol. The van der Waals surface area contributed by atoms with Crippen LogP contribution in [0.2, 0.25) is 0 Å². The van der Waals surface area contributed by atoms with Crippen molar-refractivity contribution in [2.45, 2.75) is 25.6 Å². The molecule has 1 aromatic heterocycles. The average molecular weight is 375 g/mol. The van der Waals surface area contributed by atoms with Crippen molar-refractivity contribution >= 4 is 11.8 Å². The predicted octanol–water partition coefficient (Wildman–Crippen LogP) is 0.564. The minimum atomic E-state index is -0.656. The summed E-state index contributed by atoms with van der Waals surface area (Å²) < 4.78 is 19.3. The van der Waals surface area contributed by atoms with Crippen LogP contribution in [0.15, 0.2) is 30.6 Å². The number of rotatable bonds is 7. The average Bonchev–Trinajstić information content (AvgIpc) is 3.18. The van der Waals surface area contributed by atoms with Gasteiger partial charge in [-0.15, -0.1) is 0 Å². The number of methoxy groups -OCH3 is 1. The SMILES string of the molecule is COc1ccc(CN2CCNC(=O)[C@@H]2CC(=O)NCc2ncc[nH]2)c(F)c1. The van der Waals surface area contributed by atoms with Crippen molar-refractivity contribution in [1.82, 2.24) is 25.5 Å². The highest BCUT2D eigenvalue weighted by Gasteiger charge is 2.32. The fourth-order valence-electron chi connectivity index (χ4n) is 3.00. The third-order valence-electron chi connectivity index (χ3n) is 4.46. The zero-order chi connectivity index (χ0) is 19.2. The minimum absolute atomic E-state index is 0.00961. The van der Waals surface area contributed by atoms with Crippen LogP contribution < -0.4 is 15.4 Å². The van der Waals surface area contributed by atoms with Crippen LogP contribution in [0.4, 0.5) is 4.39 Å². The Bertz CT molecular complexity index is 796. The summed E-state index contributed by atoms with van der Waals surface area (Å²) in [5, 5.41) is 5.50. The van der Waals surface area contributed by atoms with E-state index in [-0.39, 0.29) is 31.3 Å². The van der Waals surface area contributed by atoms with Crippen LogP contribution in [0.25, 0.3) is 0 Å². The highest BCUT2D eigenvalue weighted by molar-refractivity contribution is 5.88. The van der Waals surface area contributed by atoms with Crippen LogP contribution in [0.3, 0.4) is 0 Å². The summed E-state index contributed by atoms with van der Waals surface area (Å²) in [4.78, 5) is 33.3. The van der Waals surface area contributed by atoms with Crippen LogP contribution in [0.5, 0.6) is 5.75 Å². The third kappa shape index (κ3) is 4.82. The van der Waals surface area contributed by atoms with E-state index in [4.69, 9.17) is 4.74 Å². The third-order valence-corrected chi connectivity index (χ3v) is 4.46. The van der Waals surface area contributed by atoms with E-state index in [1.165, 1.54) is 13.2 Å². The number of nitrogens with one attached hydrogen (secondary N) is 3. The number of carbonyl (C=O) groups excluding carboxylic acids is 2. The van der Waals surface area contributed by atoms with E-state index in [1.54, 1.807) is 24.5 Å². The molecule has 144 valence electrons. The molecule has 3 N–H and O–H groups in total. The molecule has 1 aliphatic heterocycles. The molecule has 0 bridgehead atoms. The van der Waals surface area contributed by atoms with Gasteiger partial charge in [0.1, 0.15) is 17.4 Å². The normalized spacial score (nSPS) is 17.4. The number of ether oxygens (including phenoxy) is 1. The minimum Gasteiger partial charge on any atom is -0.497 e. The number of aromatic amines is 1. The molecule has 0 radical (unpaired) electrons. The summed E-state index contributed by atoms with van der Waals surface area (Å²) in [5.74, 6) is 0.161. The molecule has 0 unspecified atom stereocenters. The lowest BCUT2D eigenvalue weighted by molar-refractivity contribution is -0.134. The Morgan fingerprint density at radius 2 is 2.33 bits per heavy atom. The van der Waals surface area contributed by atoms with Gasteiger partial charge in [-0.25, -0.2) is 9.37 Å². The molecule has 1 atom stereocenters. The quantitative estimate of drug-likeness (QED) is 0.657. The number of nitrogens with zero attached hydrogens (tertiary/aromatic N) is 2. The summed E-state index contributed by atoms with van der Waals surface area (Å²) >= 11 is 0. The Morgan fingerprint density at radius 1 is 1.48 bits per heavy atom. The molecule has 0 saturated carbocycles. The van der Waals surface area contributed by atoms with Crippen molar-refractivity contribution in [3.63, 3.8) is 0 Å². The number of piperazine rings is 1. The Labute approximate surface area is 156 Å². The highest BCUT2D eigenvalue weighted by atomic mass is 19.1. The van der Waals surface area contributed by atoms with Gasteiger partial charge in [-0.3, -0.25) is 14.5 Å². The van der Waals surface area contributed by atoms with E-state index in [2.05, 4.69) is 20.6 Å². The number of hydrogen-bond donors (Lipinski definition) is 3. The predicted molar refractivity (Wildman–Crippen MR) is 95.2 cm³/mol. The second-order valence-corrected chi connectivity index (χ2v) is 6.25. The first-order valence-corrected chi connectivity index (χ1v) is 8.66. The fourth-order valence-corrected chi connectivity index (χ4v) is 3.00. The van der Waals surface area contributed by atoms with Gasteiger partial charge in [-0.1, -0.05) is 6.07 Å². The Balaban J connectivity index is 1.64. The molecule has 2 amide bonds. The smallest absolute Gasteiger partial charge is 0.237 e. The lowest BCUT2D eigenvalue weighted by atomic mass is 10.1. The molecular formula is C18H22FN5O3. The molecule has 2 heterocycles. The topological polar surface area (TPSA) is 99.3 Å². The first-order chi connectivity index (χ1) is 13.1. The number of carbonyl (C=O) groups is 2. The number of benzene rings is 1. The summed E-state index contributed by atoms with van der Waals surface area (Å²) in [7, 11) is 1.47. The van der Waals surface area contributed by atoms with Crippen molar-refractivity contribution in [2.24, 2.45) is 0 Å². The zero-order valence-corrected chi connectivity index (χ0v) is 15.0. The van der Waals surface area contributed by atoms with Crippen LogP contribution >= 0.6 is 0 Å². The summed E-state index contributed by atoms with van der Waals surface area (Å²) in [5.41, 5.74) is 0.450. The molecule has 1 aliphatic rings. The molecule has 0 spiro atoms. The van der Waals surface area contributed by atoms with Crippen molar-refractivity contribution in [2.75, 3.05) is 20.2 Å². The van der Waals surface area contributed by atoms with E-state index in [0.29, 0.717) is 30.2 Å². The maximum Gasteiger partial charge on any atom is 0.237 e. The molecule has 1 fully saturated rings. The Kier molecular flexibility index (Phi) is 6.02. The van der Waals surface area contributed by atoms with Gasteiger partial charge in [0.2, 0.25) is 11.8 Å². The number of imidazole rings is 1. The van der Waals surface area contributed by atoms with Crippen molar-refractivity contribution in [3.05, 3.63) is 47.8 Å². The molecule has 2 aromatic rings. The van der Waals surface area contributed by atoms with Gasteiger partial charge in [0.15, 0.2) is 0 Å². The van der Waals surface area contributed by atoms with Crippen molar-refractivity contribution in [1.29, 1.82) is 0 Å². The van der Waals surface area contributed by atoms with Gasteiger partial charge in [-0.05, 0) is 6.07 Å². The molecule has 1 aromatic carbocycles. The second-order valence-electron chi connectivity index (χ2n) is 6.25. The van der Waals surface area contributed by atoms with E-state index >= 15 is 0 Å². The van der Waals surface area contributed by atoms with Crippen molar-refractivity contribution < 1.29 is 18.7 Å². The molecule has 0 aliphatic carbocycles. The van der Waals surface area contributed by atoms with Gasteiger partial charge >= 0.3 is 0 Å². The monoisotopic (exact) mass is 375 g/mol. The van der Waals surface area contributed by atoms with Gasteiger partial charge in [0.05, 0.1) is 26.1 Å². The second kappa shape index (κ2) is 8.63. The lowest BCUT2D eigenvalue weighted by Crippen LogP contribution is -2.56. The number of amides is 2. The maximum absolute atomic E-state index is 14.3. The zero-order valence-electron chi connectivity index (χ0n) is 15.0. The highest BCUT2D eigenvalue weighted by Crippen LogP contribution is 2.20. The maximum atomic E-state index is 14.3.